The van der Waals surface area contributed by atoms with Crippen LogP contribution in [-0.2, 0) is 14.0 Å². The molecule has 0 unspecified atom stereocenters. The highest BCUT2D eigenvalue weighted by Crippen LogP contribution is 2.38. The summed E-state index contributed by atoms with van der Waals surface area (Å²) >= 11 is 0. The highest BCUT2D eigenvalue weighted by atomic mass is 28.4. The lowest BCUT2D eigenvalue weighted by molar-refractivity contribution is -0.138. The van der Waals surface area contributed by atoms with Gasteiger partial charge in [0.05, 0.1) is 12.7 Å². The summed E-state index contributed by atoms with van der Waals surface area (Å²) in [6.45, 7) is 21.0. The van der Waals surface area contributed by atoms with Crippen LogP contribution in [0.15, 0.2) is 24.3 Å². The maximum Gasteiger partial charge on any atom is 0.333 e. The van der Waals surface area contributed by atoms with Crippen LogP contribution in [-0.4, -0.2) is 27.0 Å². The molecule has 122 valence electrons. The molecule has 0 rings (SSSR count). The number of rotatable bonds is 7. The van der Waals surface area contributed by atoms with Crippen LogP contribution in [0.3, 0.4) is 0 Å². The van der Waals surface area contributed by atoms with E-state index in [-0.39, 0.29) is 23.0 Å². The van der Waals surface area contributed by atoms with Crippen molar-refractivity contribution in [3.05, 3.63) is 24.3 Å². The predicted octanol–water partition coefficient (Wildman–Crippen LogP) is 4.71. The van der Waals surface area contributed by atoms with Gasteiger partial charge in [-0.15, -0.1) is 6.58 Å². The van der Waals surface area contributed by atoms with Gasteiger partial charge in [-0.1, -0.05) is 39.8 Å². The zero-order valence-corrected chi connectivity index (χ0v) is 15.9. The minimum atomic E-state index is -1.86. The first-order valence-electron chi connectivity index (χ1n) is 7.62. The summed E-state index contributed by atoms with van der Waals surface area (Å²) in [6.07, 6.45) is 3.66. The first-order chi connectivity index (χ1) is 9.46. The van der Waals surface area contributed by atoms with E-state index < -0.39 is 8.32 Å². The summed E-state index contributed by atoms with van der Waals surface area (Å²) in [5.74, 6) is -0.180. The average molecular weight is 313 g/mol. The van der Waals surface area contributed by atoms with Gasteiger partial charge in [0.25, 0.3) is 0 Å². The second kappa shape index (κ2) is 7.94. The molecule has 0 radical (unpaired) electrons. The Balaban J connectivity index is 5.01. The largest absolute Gasteiger partial charge is 0.463 e. The molecule has 21 heavy (non-hydrogen) atoms. The Kier molecular flexibility index (Phi) is 7.61. The number of ether oxygens (including phenoxy) is 1. The van der Waals surface area contributed by atoms with Crippen molar-refractivity contribution in [1.29, 1.82) is 0 Å². The molecule has 0 aliphatic carbocycles. The van der Waals surface area contributed by atoms with Gasteiger partial charge in [-0.05, 0) is 32.0 Å². The van der Waals surface area contributed by atoms with Crippen molar-refractivity contribution in [3.8, 4) is 0 Å². The second-order valence-electron chi connectivity index (χ2n) is 7.01. The van der Waals surface area contributed by atoms with Crippen molar-refractivity contribution in [3.63, 3.8) is 0 Å². The van der Waals surface area contributed by atoms with E-state index >= 15 is 0 Å². The Hall–Kier alpha value is -0.873. The minimum absolute atomic E-state index is 0.0843. The van der Waals surface area contributed by atoms with Crippen LogP contribution in [0.2, 0.25) is 18.1 Å². The van der Waals surface area contributed by atoms with Crippen LogP contribution in [0.25, 0.3) is 0 Å². The molecule has 0 fully saturated rings. The van der Waals surface area contributed by atoms with Crippen molar-refractivity contribution in [1.82, 2.24) is 0 Å². The van der Waals surface area contributed by atoms with E-state index in [2.05, 4.69) is 40.4 Å². The van der Waals surface area contributed by atoms with Crippen molar-refractivity contribution in [2.45, 2.75) is 65.8 Å². The molecule has 0 aromatic heterocycles. The summed E-state index contributed by atoms with van der Waals surface area (Å²) in [5, 5.41) is 0.147. The number of carbonyl (C=O) groups excluding carboxylic acids is 1. The quantitative estimate of drug-likeness (QED) is 0.296. The summed E-state index contributed by atoms with van der Waals surface area (Å²) < 4.78 is 11.4. The Bertz CT molecular complexity index is 391. The van der Waals surface area contributed by atoms with Gasteiger partial charge in [0.2, 0.25) is 0 Å². The molecule has 0 aliphatic heterocycles. The van der Waals surface area contributed by atoms with E-state index in [1.165, 1.54) is 0 Å². The Morgan fingerprint density at radius 3 is 2.24 bits per heavy atom. The fourth-order valence-electron chi connectivity index (χ4n) is 1.69. The van der Waals surface area contributed by atoms with Crippen molar-refractivity contribution in [2.75, 3.05) is 6.61 Å². The van der Waals surface area contributed by atoms with E-state index in [9.17, 15) is 4.79 Å². The molecule has 0 aromatic rings. The molecule has 0 saturated heterocycles. The topological polar surface area (TPSA) is 35.5 Å². The van der Waals surface area contributed by atoms with Gasteiger partial charge in [0, 0.05) is 11.5 Å². The normalized spacial score (nSPS) is 16.3. The zero-order chi connectivity index (χ0) is 16.8. The van der Waals surface area contributed by atoms with Gasteiger partial charge >= 0.3 is 5.97 Å². The molecule has 0 N–H and O–H groups in total. The molecule has 0 saturated carbocycles. The molecule has 0 aromatic carbocycles. The van der Waals surface area contributed by atoms with Gasteiger partial charge in [-0.25, -0.2) is 4.79 Å². The maximum atomic E-state index is 11.7. The first kappa shape index (κ1) is 20.1. The molecule has 0 heterocycles. The fourth-order valence-corrected chi connectivity index (χ4v) is 3.03. The Morgan fingerprint density at radius 1 is 1.33 bits per heavy atom. The Labute approximate surface area is 131 Å². The lowest BCUT2D eigenvalue weighted by Gasteiger charge is -2.39. The van der Waals surface area contributed by atoms with Crippen LogP contribution in [0.1, 0.15) is 41.5 Å². The molecule has 0 amide bonds. The molecule has 2 atom stereocenters. The number of carbonyl (C=O) groups is 1. The number of hydrogen-bond donors (Lipinski definition) is 0. The van der Waals surface area contributed by atoms with Crippen LogP contribution in [0.4, 0.5) is 0 Å². The standard InChI is InChI=1S/C17H32O3Si/c1-10-15(20-21(8,9)17(5,6)7)13(3)12-14(4)16(18)19-11-2/h10,12-13,15H,1,11H2,2-9H3/b14-12+/t13-,15-/m1/s1. The minimum Gasteiger partial charge on any atom is -0.463 e. The van der Waals surface area contributed by atoms with Gasteiger partial charge in [-0.3, -0.25) is 0 Å². The van der Waals surface area contributed by atoms with E-state index in [1.54, 1.807) is 6.92 Å². The lowest BCUT2D eigenvalue weighted by Crippen LogP contribution is -2.44. The van der Waals surface area contributed by atoms with E-state index in [0.29, 0.717) is 12.2 Å². The predicted molar refractivity (Wildman–Crippen MR) is 91.8 cm³/mol. The summed E-state index contributed by atoms with van der Waals surface area (Å²) in [7, 11) is -1.86. The molecular weight excluding hydrogens is 280 g/mol. The first-order valence-corrected chi connectivity index (χ1v) is 10.5. The molecule has 0 bridgehead atoms. The van der Waals surface area contributed by atoms with Crippen molar-refractivity contribution in [2.24, 2.45) is 5.92 Å². The highest BCUT2D eigenvalue weighted by Gasteiger charge is 2.39. The summed E-state index contributed by atoms with van der Waals surface area (Å²) in [4.78, 5) is 11.7. The summed E-state index contributed by atoms with van der Waals surface area (Å²) in [5.41, 5.74) is 0.620. The third-order valence-electron chi connectivity index (χ3n) is 4.10. The maximum absolute atomic E-state index is 11.7. The molecule has 0 spiro atoms. The third kappa shape index (κ3) is 6.18. The fraction of sp³-hybridized carbons (Fsp3) is 0.706. The Morgan fingerprint density at radius 2 is 1.86 bits per heavy atom. The lowest BCUT2D eigenvalue weighted by atomic mass is 10.0. The third-order valence-corrected chi connectivity index (χ3v) is 8.57. The smallest absolute Gasteiger partial charge is 0.333 e. The van der Waals surface area contributed by atoms with Crippen LogP contribution < -0.4 is 0 Å². The summed E-state index contributed by atoms with van der Waals surface area (Å²) in [6, 6.07) is 0. The van der Waals surface area contributed by atoms with Gasteiger partial charge in [0.1, 0.15) is 0 Å². The van der Waals surface area contributed by atoms with Crippen LogP contribution in [0, 0.1) is 5.92 Å². The van der Waals surface area contributed by atoms with E-state index in [0.717, 1.165) is 0 Å². The monoisotopic (exact) mass is 312 g/mol. The number of esters is 1. The van der Waals surface area contributed by atoms with Crippen molar-refractivity contribution < 1.29 is 14.0 Å². The van der Waals surface area contributed by atoms with Crippen LogP contribution >= 0.6 is 0 Å². The van der Waals surface area contributed by atoms with E-state index in [1.807, 2.05) is 26.0 Å². The van der Waals surface area contributed by atoms with Crippen molar-refractivity contribution >= 4 is 14.3 Å². The highest BCUT2D eigenvalue weighted by molar-refractivity contribution is 6.74. The second-order valence-corrected chi connectivity index (χ2v) is 11.8. The van der Waals surface area contributed by atoms with Gasteiger partial charge in [-0.2, -0.15) is 0 Å². The van der Waals surface area contributed by atoms with E-state index in [4.69, 9.17) is 9.16 Å². The molecule has 4 heteroatoms. The van der Waals surface area contributed by atoms with Gasteiger partial charge in [0.15, 0.2) is 8.32 Å². The van der Waals surface area contributed by atoms with Crippen LogP contribution in [0.5, 0.6) is 0 Å². The molecule has 0 aliphatic rings. The SMILES string of the molecule is C=C[C@@H](O[Si](C)(C)C(C)(C)C)[C@H](C)/C=C(\C)C(=O)OCC. The molecular formula is C17H32O3Si. The molecule has 3 nitrogen and oxygen atoms in total. The van der Waals surface area contributed by atoms with Gasteiger partial charge < -0.3 is 9.16 Å². The number of hydrogen-bond acceptors (Lipinski definition) is 3. The zero-order valence-electron chi connectivity index (χ0n) is 14.9. The average Bonchev–Trinajstić information content (AvgIpc) is 2.34.